The van der Waals surface area contributed by atoms with E-state index in [-0.39, 0.29) is 23.7 Å². The van der Waals surface area contributed by atoms with Crippen molar-refractivity contribution in [1.29, 1.82) is 0 Å². The predicted molar refractivity (Wildman–Crippen MR) is 124 cm³/mol. The van der Waals surface area contributed by atoms with Crippen molar-refractivity contribution in [3.8, 4) is 5.75 Å². The average Bonchev–Trinajstić information content (AvgIpc) is 3.03. The van der Waals surface area contributed by atoms with Crippen molar-refractivity contribution >= 4 is 29.3 Å². The molecule has 3 rings (SSSR count). The maximum atomic E-state index is 12.1. The molecule has 30 heavy (non-hydrogen) atoms. The number of aryl methyl sites for hydroxylation is 2. The monoisotopic (exact) mass is 429 g/mol. The Kier molecular flexibility index (Phi) is 8.30. The minimum absolute atomic E-state index is 0. The van der Waals surface area contributed by atoms with E-state index in [0.717, 1.165) is 35.6 Å². The number of amides is 1. The van der Waals surface area contributed by atoms with Crippen LogP contribution in [0.5, 0.6) is 5.75 Å². The summed E-state index contributed by atoms with van der Waals surface area (Å²) in [7, 11) is 0. The van der Waals surface area contributed by atoms with Crippen LogP contribution in [0.4, 0.5) is 0 Å². The number of halogens is 1. The van der Waals surface area contributed by atoms with Gasteiger partial charge in [0.15, 0.2) is 0 Å². The standard InChI is InChI=1S/C24H31N3O2.ClH/c1-18-10-12-19(13-11-18)29-17-7-16-27-21-9-6-5-8-20(21)26-22(27)14-15-25-23(28)24(2,3)4;/h5-6,8-13H,7,14-17H2,1-4H3,(H,25,28);1H. The number of para-hydroxylation sites is 2. The van der Waals surface area contributed by atoms with Gasteiger partial charge in [-0.2, -0.15) is 0 Å². The van der Waals surface area contributed by atoms with Gasteiger partial charge < -0.3 is 14.6 Å². The molecule has 6 heteroatoms. The van der Waals surface area contributed by atoms with Gasteiger partial charge in [0.05, 0.1) is 17.6 Å². The first-order chi connectivity index (χ1) is 13.8. The van der Waals surface area contributed by atoms with Crippen LogP contribution in [-0.4, -0.2) is 28.6 Å². The van der Waals surface area contributed by atoms with Crippen molar-refractivity contribution in [3.05, 3.63) is 59.9 Å². The molecule has 0 spiro atoms. The average molecular weight is 430 g/mol. The van der Waals surface area contributed by atoms with Crippen LogP contribution in [0.3, 0.4) is 0 Å². The number of hydrogen-bond donors (Lipinski definition) is 1. The Hall–Kier alpha value is -2.53. The first kappa shape index (κ1) is 23.7. The maximum Gasteiger partial charge on any atom is 0.225 e. The van der Waals surface area contributed by atoms with E-state index in [1.54, 1.807) is 0 Å². The summed E-state index contributed by atoms with van der Waals surface area (Å²) in [5, 5.41) is 3.02. The van der Waals surface area contributed by atoms with Gasteiger partial charge in [-0.05, 0) is 37.6 Å². The Labute approximate surface area is 185 Å². The second-order valence-electron chi connectivity index (χ2n) is 8.44. The van der Waals surface area contributed by atoms with Crippen molar-refractivity contribution in [2.24, 2.45) is 5.41 Å². The lowest BCUT2D eigenvalue weighted by Gasteiger charge is -2.17. The second kappa shape index (κ2) is 10.5. The molecule has 0 fully saturated rings. The molecule has 0 bridgehead atoms. The van der Waals surface area contributed by atoms with Crippen molar-refractivity contribution in [1.82, 2.24) is 14.9 Å². The molecule has 0 radical (unpaired) electrons. The number of rotatable bonds is 8. The van der Waals surface area contributed by atoms with E-state index >= 15 is 0 Å². The van der Waals surface area contributed by atoms with Crippen LogP contribution < -0.4 is 10.1 Å². The number of fused-ring (bicyclic) bond motifs is 1. The largest absolute Gasteiger partial charge is 0.494 e. The van der Waals surface area contributed by atoms with Crippen LogP contribution >= 0.6 is 12.4 Å². The van der Waals surface area contributed by atoms with Gasteiger partial charge in [-0.15, -0.1) is 12.4 Å². The highest BCUT2D eigenvalue weighted by Gasteiger charge is 2.20. The van der Waals surface area contributed by atoms with Crippen LogP contribution in [0.25, 0.3) is 11.0 Å². The van der Waals surface area contributed by atoms with E-state index in [1.165, 1.54) is 5.56 Å². The Balaban J connectivity index is 0.00000320. The van der Waals surface area contributed by atoms with Gasteiger partial charge >= 0.3 is 0 Å². The fourth-order valence-corrected chi connectivity index (χ4v) is 3.17. The quantitative estimate of drug-likeness (QED) is 0.516. The summed E-state index contributed by atoms with van der Waals surface area (Å²) >= 11 is 0. The molecule has 0 aliphatic rings. The van der Waals surface area contributed by atoms with Crippen LogP contribution in [-0.2, 0) is 17.8 Å². The first-order valence-corrected chi connectivity index (χ1v) is 10.3. The molecule has 0 aliphatic heterocycles. The number of ether oxygens (including phenoxy) is 1. The molecule has 3 aromatic rings. The number of nitrogens with zero attached hydrogens (tertiary/aromatic N) is 2. The number of carbonyl (C=O) groups is 1. The molecule has 5 nitrogen and oxygen atoms in total. The topological polar surface area (TPSA) is 56.1 Å². The Morgan fingerprint density at radius 2 is 1.80 bits per heavy atom. The molecule has 1 amide bonds. The zero-order chi connectivity index (χ0) is 20.9. The molecule has 2 aromatic carbocycles. The van der Waals surface area contributed by atoms with E-state index in [0.29, 0.717) is 19.6 Å². The highest BCUT2D eigenvalue weighted by molar-refractivity contribution is 5.85. The zero-order valence-corrected chi connectivity index (χ0v) is 19.1. The Morgan fingerprint density at radius 3 is 2.50 bits per heavy atom. The van der Waals surface area contributed by atoms with Crippen molar-refractivity contribution in [2.45, 2.75) is 47.1 Å². The van der Waals surface area contributed by atoms with Gasteiger partial charge in [0.25, 0.3) is 0 Å². The van der Waals surface area contributed by atoms with Crippen LogP contribution in [0.1, 0.15) is 38.6 Å². The molecular weight excluding hydrogens is 398 g/mol. The molecule has 0 saturated heterocycles. The SMILES string of the molecule is Cc1ccc(OCCCn2c(CCNC(=O)C(C)(C)C)nc3ccccc32)cc1.Cl. The lowest BCUT2D eigenvalue weighted by Crippen LogP contribution is -2.36. The third-order valence-electron chi connectivity index (χ3n) is 4.86. The number of aromatic nitrogens is 2. The van der Waals surface area contributed by atoms with Gasteiger partial charge in [0.2, 0.25) is 5.91 Å². The maximum absolute atomic E-state index is 12.1. The van der Waals surface area contributed by atoms with Crippen LogP contribution in [0, 0.1) is 12.3 Å². The van der Waals surface area contributed by atoms with E-state index in [2.05, 4.69) is 35.0 Å². The summed E-state index contributed by atoms with van der Waals surface area (Å²) in [5.41, 5.74) is 2.96. The summed E-state index contributed by atoms with van der Waals surface area (Å²) in [4.78, 5) is 16.9. The third kappa shape index (κ3) is 6.23. The zero-order valence-electron chi connectivity index (χ0n) is 18.3. The Morgan fingerprint density at radius 1 is 1.10 bits per heavy atom. The molecule has 1 N–H and O–H groups in total. The molecular formula is C24H32ClN3O2. The lowest BCUT2D eigenvalue weighted by molar-refractivity contribution is -0.128. The van der Waals surface area contributed by atoms with Crippen molar-refractivity contribution in [3.63, 3.8) is 0 Å². The number of hydrogen-bond acceptors (Lipinski definition) is 3. The minimum Gasteiger partial charge on any atom is -0.494 e. The number of nitrogens with one attached hydrogen (secondary N) is 1. The first-order valence-electron chi connectivity index (χ1n) is 10.3. The van der Waals surface area contributed by atoms with Crippen molar-refractivity contribution in [2.75, 3.05) is 13.2 Å². The summed E-state index contributed by atoms with van der Waals surface area (Å²) in [6.07, 6.45) is 1.59. The minimum atomic E-state index is -0.381. The second-order valence-corrected chi connectivity index (χ2v) is 8.44. The van der Waals surface area contributed by atoms with Crippen molar-refractivity contribution < 1.29 is 9.53 Å². The van der Waals surface area contributed by atoms with Gasteiger partial charge in [0, 0.05) is 24.9 Å². The third-order valence-corrected chi connectivity index (χ3v) is 4.86. The molecule has 0 saturated carbocycles. The normalized spacial score (nSPS) is 11.2. The van der Waals surface area contributed by atoms with Gasteiger partial charge in [-0.3, -0.25) is 4.79 Å². The lowest BCUT2D eigenvalue weighted by atomic mass is 9.96. The number of carbonyl (C=O) groups excluding carboxylic acids is 1. The van der Waals surface area contributed by atoms with Crippen LogP contribution in [0.15, 0.2) is 48.5 Å². The molecule has 162 valence electrons. The molecule has 1 heterocycles. The van der Waals surface area contributed by atoms with E-state index < -0.39 is 0 Å². The summed E-state index contributed by atoms with van der Waals surface area (Å²) in [6, 6.07) is 16.3. The van der Waals surface area contributed by atoms with Gasteiger partial charge in [-0.25, -0.2) is 4.98 Å². The molecule has 1 aromatic heterocycles. The number of benzene rings is 2. The molecule has 0 unspecified atom stereocenters. The number of imidazole rings is 1. The predicted octanol–water partition coefficient (Wildman–Crippen LogP) is 4.94. The van der Waals surface area contributed by atoms with Crippen LogP contribution in [0.2, 0.25) is 0 Å². The summed E-state index contributed by atoms with van der Waals surface area (Å²) in [6.45, 7) is 9.90. The summed E-state index contributed by atoms with van der Waals surface area (Å²) in [5.74, 6) is 1.96. The fourth-order valence-electron chi connectivity index (χ4n) is 3.17. The molecule has 0 aliphatic carbocycles. The highest BCUT2D eigenvalue weighted by Crippen LogP contribution is 2.18. The van der Waals surface area contributed by atoms with Gasteiger partial charge in [0.1, 0.15) is 11.6 Å². The summed E-state index contributed by atoms with van der Waals surface area (Å²) < 4.78 is 8.12. The van der Waals surface area contributed by atoms with Gasteiger partial charge in [-0.1, -0.05) is 50.6 Å². The molecule has 0 atom stereocenters. The highest BCUT2D eigenvalue weighted by atomic mass is 35.5. The fraction of sp³-hybridized carbons (Fsp3) is 0.417. The Bertz CT molecular complexity index is 959. The van der Waals surface area contributed by atoms with E-state index in [4.69, 9.17) is 9.72 Å². The smallest absolute Gasteiger partial charge is 0.225 e. The van der Waals surface area contributed by atoms with E-state index in [9.17, 15) is 4.79 Å². The van der Waals surface area contributed by atoms with E-state index in [1.807, 2.05) is 51.1 Å².